The zero-order valence-corrected chi connectivity index (χ0v) is 17.7. The lowest BCUT2D eigenvalue weighted by molar-refractivity contribution is 0.0203. The van der Waals surface area contributed by atoms with E-state index in [-0.39, 0.29) is 11.9 Å². The molecule has 7 heteroatoms. The van der Waals surface area contributed by atoms with Gasteiger partial charge < -0.3 is 9.64 Å². The molecule has 1 amide bonds. The first-order valence-electron chi connectivity index (χ1n) is 9.12. The van der Waals surface area contributed by atoms with Crippen molar-refractivity contribution >= 4 is 22.0 Å². The van der Waals surface area contributed by atoms with Crippen molar-refractivity contribution in [2.45, 2.75) is 45.1 Å². The van der Waals surface area contributed by atoms with Gasteiger partial charge in [-0.2, -0.15) is 5.10 Å². The summed E-state index contributed by atoms with van der Waals surface area (Å²) in [4.78, 5) is 14.0. The van der Waals surface area contributed by atoms with Crippen LogP contribution in [0, 0.1) is 5.82 Å². The summed E-state index contributed by atoms with van der Waals surface area (Å²) in [6.45, 7) is 6.94. The van der Waals surface area contributed by atoms with E-state index in [0.717, 1.165) is 34.3 Å². The number of halogens is 2. The lowest BCUT2D eigenvalue weighted by atomic mass is 9.93. The molecule has 1 aliphatic rings. The van der Waals surface area contributed by atoms with E-state index in [1.165, 1.54) is 12.1 Å². The van der Waals surface area contributed by atoms with E-state index in [1.54, 1.807) is 17.0 Å². The van der Waals surface area contributed by atoms with Crippen molar-refractivity contribution in [3.63, 3.8) is 0 Å². The van der Waals surface area contributed by atoms with E-state index in [2.05, 4.69) is 21.0 Å². The first kappa shape index (κ1) is 19.9. The highest BCUT2D eigenvalue weighted by atomic mass is 79.9. The van der Waals surface area contributed by atoms with Gasteiger partial charge in [0.15, 0.2) is 0 Å². The van der Waals surface area contributed by atoms with Gasteiger partial charge >= 0.3 is 6.09 Å². The number of piperidine rings is 1. The van der Waals surface area contributed by atoms with E-state index < -0.39 is 5.60 Å². The van der Waals surface area contributed by atoms with Gasteiger partial charge in [-0.1, -0.05) is 0 Å². The maximum Gasteiger partial charge on any atom is 0.410 e. The Balaban J connectivity index is 1.73. The largest absolute Gasteiger partial charge is 0.444 e. The van der Waals surface area contributed by atoms with Gasteiger partial charge in [0.2, 0.25) is 0 Å². The molecule has 1 saturated heterocycles. The molecule has 0 bridgehead atoms. The number of nitrogens with zero attached hydrogens (tertiary/aromatic N) is 3. The van der Waals surface area contributed by atoms with Gasteiger partial charge in [0.05, 0.1) is 10.2 Å². The molecule has 0 spiro atoms. The van der Waals surface area contributed by atoms with Crippen molar-refractivity contribution in [2.75, 3.05) is 13.1 Å². The molecule has 1 aromatic carbocycles. The number of rotatable bonds is 2. The Morgan fingerprint density at radius 2 is 1.81 bits per heavy atom. The summed E-state index contributed by atoms with van der Waals surface area (Å²) < 4.78 is 21.5. The summed E-state index contributed by atoms with van der Waals surface area (Å²) in [6.07, 6.45) is 1.44. The van der Waals surface area contributed by atoms with Gasteiger partial charge in [0.25, 0.3) is 0 Å². The maximum absolute atomic E-state index is 13.2. The Kier molecular flexibility index (Phi) is 5.60. The predicted octanol–water partition coefficient (Wildman–Crippen LogP) is 5.10. The summed E-state index contributed by atoms with van der Waals surface area (Å²) in [5.41, 5.74) is 2.31. The number of benzene rings is 1. The summed E-state index contributed by atoms with van der Waals surface area (Å²) in [5.74, 6) is 0.0327. The number of amides is 1. The second kappa shape index (κ2) is 7.62. The minimum absolute atomic E-state index is 0.253. The minimum atomic E-state index is -0.483. The third-order valence-corrected chi connectivity index (χ3v) is 5.46. The Morgan fingerprint density at radius 1 is 1.22 bits per heavy atom. The van der Waals surface area contributed by atoms with Gasteiger partial charge in [0.1, 0.15) is 17.1 Å². The molecule has 27 heavy (non-hydrogen) atoms. The summed E-state index contributed by atoms with van der Waals surface area (Å²) in [7, 11) is 1.92. The van der Waals surface area contributed by atoms with Gasteiger partial charge in [0, 0.05) is 31.6 Å². The number of hydrogen-bond acceptors (Lipinski definition) is 3. The SMILES string of the molecule is Cn1nc(-c2ccc(F)cc2)c(Br)c1C1CCN(C(=O)OC(C)(C)C)CC1. The standard InChI is InChI=1S/C20H25BrFN3O2/c1-20(2,3)27-19(26)25-11-9-14(10-12-25)18-16(21)17(23-24(18)4)13-5-7-15(22)8-6-13/h5-8,14H,9-12H2,1-4H3. The first-order valence-corrected chi connectivity index (χ1v) is 9.91. The van der Waals surface area contributed by atoms with Crippen molar-refractivity contribution in [3.8, 4) is 11.3 Å². The zero-order valence-electron chi connectivity index (χ0n) is 16.1. The van der Waals surface area contributed by atoms with Crippen LogP contribution in [-0.4, -0.2) is 39.5 Å². The molecule has 146 valence electrons. The predicted molar refractivity (Wildman–Crippen MR) is 106 cm³/mol. The normalized spacial score (nSPS) is 15.9. The lowest BCUT2D eigenvalue weighted by Crippen LogP contribution is -2.41. The molecule has 0 saturated carbocycles. The van der Waals surface area contributed by atoms with E-state index in [4.69, 9.17) is 4.74 Å². The molecule has 1 fully saturated rings. The molecule has 0 radical (unpaired) electrons. The molecule has 0 unspecified atom stereocenters. The Bertz CT molecular complexity index is 819. The average Bonchev–Trinajstić information content (AvgIpc) is 2.89. The third-order valence-electron chi connectivity index (χ3n) is 4.68. The number of carbonyl (C=O) groups excluding carboxylic acids is 1. The quantitative estimate of drug-likeness (QED) is 0.655. The molecule has 0 atom stereocenters. The molecular weight excluding hydrogens is 413 g/mol. The van der Waals surface area contributed by atoms with Crippen LogP contribution in [0.1, 0.15) is 45.2 Å². The highest BCUT2D eigenvalue weighted by molar-refractivity contribution is 9.10. The first-order chi connectivity index (χ1) is 12.7. The minimum Gasteiger partial charge on any atom is -0.444 e. The van der Waals surface area contributed by atoms with Crippen LogP contribution in [0.2, 0.25) is 0 Å². The van der Waals surface area contributed by atoms with Crippen LogP contribution in [0.15, 0.2) is 28.7 Å². The second-order valence-electron chi connectivity index (χ2n) is 7.92. The van der Waals surface area contributed by atoms with Crippen LogP contribution in [-0.2, 0) is 11.8 Å². The number of likely N-dealkylation sites (tertiary alicyclic amines) is 1. The lowest BCUT2D eigenvalue weighted by Gasteiger charge is -2.33. The van der Waals surface area contributed by atoms with Gasteiger partial charge in [-0.25, -0.2) is 9.18 Å². The molecule has 1 aromatic heterocycles. The van der Waals surface area contributed by atoms with Crippen LogP contribution in [0.5, 0.6) is 0 Å². The molecule has 2 aromatic rings. The van der Waals surface area contributed by atoms with Crippen molar-refractivity contribution in [3.05, 3.63) is 40.2 Å². The smallest absolute Gasteiger partial charge is 0.410 e. The fraction of sp³-hybridized carbons (Fsp3) is 0.500. The molecular formula is C20H25BrFN3O2. The second-order valence-corrected chi connectivity index (χ2v) is 8.71. The number of ether oxygens (including phenoxy) is 1. The molecule has 0 aliphatic carbocycles. The van der Waals surface area contributed by atoms with E-state index in [0.29, 0.717) is 19.0 Å². The van der Waals surface area contributed by atoms with E-state index >= 15 is 0 Å². The number of hydrogen-bond donors (Lipinski definition) is 0. The van der Waals surface area contributed by atoms with Crippen molar-refractivity contribution in [1.82, 2.24) is 14.7 Å². The molecule has 0 N–H and O–H groups in total. The van der Waals surface area contributed by atoms with Crippen LogP contribution in [0.3, 0.4) is 0 Å². The van der Waals surface area contributed by atoms with Gasteiger partial charge in [-0.3, -0.25) is 4.68 Å². The fourth-order valence-corrected chi connectivity index (χ4v) is 4.30. The highest BCUT2D eigenvalue weighted by Gasteiger charge is 2.30. The molecule has 1 aliphatic heterocycles. The Hall–Kier alpha value is -1.89. The summed E-state index contributed by atoms with van der Waals surface area (Å²) in [5, 5.41) is 4.63. The third kappa shape index (κ3) is 4.51. The van der Waals surface area contributed by atoms with Gasteiger partial charge in [-0.05, 0) is 73.8 Å². The Morgan fingerprint density at radius 3 is 2.37 bits per heavy atom. The zero-order chi connectivity index (χ0) is 19.8. The van der Waals surface area contributed by atoms with Crippen LogP contribution < -0.4 is 0 Å². The van der Waals surface area contributed by atoms with Crippen molar-refractivity contribution in [2.24, 2.45) is 7.05 Å². The average molecular weight is 438 g/mol. The van der Waals surface area contributed by atoms with E-state index in [9.17, 15) is 9.18 Å². The summed E-state index contributed by atoms with van der Waals surface area (Å²) in [6, 6.07) is 6.35. The number of aromatic nitrogens is 2. The maximum atomic E-state index is 13.2. The number of carbonyl (C=O) groups is 1. The van der Waals surface area contributed by atoms with Gasteiger partial charge in [-0.15, -0.1) is 0 Å². The van der Waals surface area contributed by atoms with Crippen molar-refractivity contribution < 1.29 is 13.9 Å². The Labute approximate surface area is 167 Å². The fourth-order valence-electron chi connectivity index (χ4n) is 3.41. The van der Waals surface area contributed by atoms with Crippen LogP contribution in [0.4, 0.5) is 9.18 Å². The number of aryl methyl sites for hydroxylation is 1. The van der Waals surface area contributed by atoms with Crippen molar-refractivity contribution in [1.29, 1.82) is 0 Å². The topological polar surface area (TPSA) is 47.4 Å². The molecule has 2 heterocycles. The summed E-state index contributed by atoms with van der Waals surface area (Å²) >= 11 is 3.69. The molecule has 3 rings (SSSR count). The monoisotopic (exact) mass is 437 g/mol. The highest BCUT2D eigenvalue weighted by Crippen LogP contribution is 2.38. The molecule has 5 nitrogen and oxygen atoms in total. The van der Waals surface area contributed by atoms with Crippen LogP contribution in [0.25, 0.3) is 11.3 Å². The van der Waals surface area contributed by atoms with Crippen LogP contribution >= 0.6 is 15.9 Å². The van der Waals surface area contributed by atoms with E-state index in [1.807, 2.05) is 32.5 Å².